The van der Waals surface area contributed by atoms with Gasteiger partial charge in [0, 0.05) is 24.3 Å². The average molecular weight is 472 g/mol. The molecule has 1 saturated carbocycles. The Bertz CT molecular complexity index is 1240. The zero-order valence-corrected chi connectivity index (χ0v) is 19.2. The number of benzene rings is 2. The van der Waals surface area contributed by atoms with Gasteiger partial charge >= 0.3 is 0 Å². The van der Waals surface area contributed by atoms with Crippen molar-refractivity contribution in [3.8, 4) is 0 Å². The zero-order chi connectivity index (χ0) is 22.3. The second-order valence-electron chi connectivity index (χ2n) is 8.80. The van der Waals surface area contributed by atoms with Crippen molar-refractivity contribution < 1.29 is 18.3 Å². The lowest BCUT2D eigenvalue weighted by Crippen LogP contribution is -2.46. The van der Waals surface area contributed by atoms with Gasteiger partial charge in [0.1, 0.15) is 10.4 Å². The molecule has 2 aliphatic rings. The molecule has 0 atom stereocenters. The van der Waals surface area contributed by atoms with Gasteiger partial charge in [-0.25, -0.2) is 13.4 Å². The summed E-state index contributed by atoms with van der Waals surface area (Å²) < 4.78 is 29.1. The predicted molar refractivity (Wildman–Crippen MR) is 124 cm³/mol. The first-order chi connectivity index (χ1) is 15.3. The SMILES string of the molecule is O=C(c1ccc(NS(=O)(=O)c2cccc3scnc23)cc1)N1CCC(O)(CC2CC2)CC1. The number of piperidine rings is 1. The number of aliphatic hydroxyl groups is 1. The molecule has 7 nitrogen and oxygen atoms in total. The van der Waals surface area contributed by atoms with Gasteiger partial charge < -0.3 is 10.0 Å². The zero-order valence-electron chi connectivity index (χ0n) is 17.5. The highest BCUT2D eigenvalue weighted by atomic mass is 32.2. The maximum atomic E-state index is 12.9. The highest BCUT2D eigenvalue weighted by Gasteiger charge is 2.38. The Kier molecular flexibility index (Phi) is 5.43. The number of nitrogens with zero attached hydrogens (tertiary/aromatic N) is 2. The monoisotopic (exact) mass is 471 g/mol. The minimum absolute atomic E-state index is 0.0971. The summed E-state index contributed by atoms with van der Waals surface area (Å²) in [5.74, 6) is 0.557. The molecule has 2 heterocycles. The molecule has 0 spiro atoms. The summed E-state index contributed by atoms with van der Waals surface area (Å²) in [6, 6.07) is 11.5. The third-order valence-electron chi connectivity index (χ3n) is 6.34. The largest absolute Gasteiger partial charge is 0.390 e. The highest BCUT2D eigenvalue weighted by molar-refractivity contribution is 7.93. The van der Waals surface area contributed by atoms with Gasteiger partial charge in [-0.15, -0.1) is 11.3 Å². The van der Waals surface area contributed by atoms with Crippen LogP contribution in [0.3, 0.4) is 0 Å². The van der Waals surface area contributed by atoms with E-state index in [1.165, 1.54) is 30.2 Å². The molecule has 1 saturated heterocycles. The number of carbonyl (C=O) groups is 1. The van der Waals surface area contributed by atoms with Gasteiger partial charge in [0.2, 0.25) is 0 Å². The average Bonchev–Trinajstić information content (AvgIpc) is 3.44. The van der Waals surface area contributed by atoms with Crippen molar-refractivity contribution in [3.63, 3.8) is 0 Å². The van der Waals surface area contributed by atoms with Gasteiger partial charge in [-0.3, -0.25) is 9.52 Å². The Morgan fingerprint density at radius 2 is 1.88 bits per heavy atom. The van der Waals surface area contributed by atoms with Crippen LogP contribution in [-0.2, 0) is 10.0 Å². The molecule has 0 bridgehead atoms. The smallest absolute Gasteiger partial charge is 0.264 e. The van der Waals surface area contributed by atoms with E-state index in [1.807, 2.05) is 6.07 Å². The molecular weight excluding hydrogens is 446 g/mol. The van der Waals surface area contributed by atoms with Crippen molar-refractivity contribution in [3.05, 3.63) is 53.5 Å². The molecule has 3 aromatic rings. The topological polar surface area (TPSA) is 99.6 Å². The Morgan fingerprint density at radius 1 is 1.16 bits per heavy atom. The fraction of sp³-hybridized carbons (Fsp3) is 0.391. The van der Waals surface area contributed by atoms with Crippen LogP contribution in [-0.4, -0.2) is 48.0 Å². The van der Waals surface area contributed by atoms with E-state index in [0.29, 0.717) is 48.6 Å². The molecule has 1 aromatic heterocycles. The van der Waals surface area contributed by atoms with E-state index >= 15 is 0 Å². The van der Waals surface area contributed by atoms with E-state index in [9.17, 15) is 18.3 Å². The van der Waals surface area contributed by atoms with Crippen LogP contribution >= 0.6 is 11.3 Å². The molecule has 1 amide bonds. The molecule has 2 N–H and O–H groups in total. The second-order valence-corrected chi connectivity index (χ2v) is 11.3. The maximum Gasteiger partial charge on any atom is 0.264 e. The van der Waals surface area contributed by atoms with Crippen molar-refractivity contribution in [2.75, 3.05) is 17.8 Å². The summed E-state index contributed by atoms with van der Waals surface area (Å²) >= 11 is 1.39. The van der Waals surface area contributed by atoms with Crippen LogP contribution in [0.4, 0.5) is 5.69 Å². The number of para-hydroxylation sites is 1. The molecule has 0 radical (unpaired) electrons. The van der Waals surface area contributed by atoms with Gasteiger partial charge in [-0.05, 0) is 61.6 Å². The van der Waals surface area contributed by atoms with Gasteiger partial charge in [0.15, 0.2) is 0 Å². The molecule has 2 fully saturated rings. The Hall–Kier alpha value is -2.49. The summed E-state index contributed by atoms with van der Waals surface area (Å²) in [7, 11) is -3.81. The van der Waals surface area contributed by atoms with E-state index in [4.69, 9.17) is 0 Å². The summed E-state index contributed by atoms with van der Waals surface area (Å²) in [4.78, 5) is 19.0. The molecule has 2 aromatic carbocycles. The third-order valence-corrected chi connectivity index (χ3v) is 8.55. The second kappa shape index (κ2) is 8.13. The van der Waals surface area contributed by atoms with Gasteiger partial charge in [0.05, 0.1) is 15.8 Å². The lowest BCUT2D eigenvalue weighted by Gasteiger charge is -2.38. The first-order valence-corrected chi connectivity index (χ1v) is 13.2. The van der Waals surface area contributed by atoms with Crippen LogP contribution in [0.5, 0.6) is 0 Å². The molecular formula is C23H25N3O4S2. The van der Waals surface area contributed by atoms with Crippen LogP contribution in [0.1, 0.15) is 42.5 Å². The van der Waals surface area contributed by atoms with Crippen LogP contribution in [0.15, 0.2) is 52.9 Å². The van der Waals surface area contributed by atoms with Crippen molar-refractivity contribution in [2.24, 2.45) is 5.92 Å². The van der Waals surface area contributed by atoms with Crippen molar-refractivity contribution in [1.82, 2.24) is 9.88 Å². The number of carbonyl (C=O) groups excluding carboxylic acids is 1. The van der Waals surface area contributed by atoms with Crippen LogP contribution in [0, 0.1) is 5.92 Å². The van der Waals surface area contributed by atoms with Crippen LogP contribution in [0.25, 0.3) is 10.2 Å². The standard InChI is InChI=1S/C23H25N3O4S2/c27-22(26-12-10-23(28,11-13-26)14-16-4-5-16)17-6-8-18(9-7-17)25-32(29,30)20-3-1-2-19-21(20)24-15-31-19/h1-3,6-9,15-16,25,28H,4-5,10-14H2. The van der Waals surface area contributed by atoms with Gasteiger partial charge in [-0.2, -0.15) is 0 Å². The number of fused-ring (bicyclic) bond motifs is 1. The number of aromatic nitrogens is 1. The fourth-order valence-electron chi connectivity index (χ4n) is 4.34. The number of amides is 1. The molecule has 1 aliphatic carbocycles. The quantitative estimate of drug-likeness (QED) is 0.569. The van der Waals surface area contributed by atoms with Gasteiger partial charge in [-0.1, -0.05) is 18.9 Å². The summed E-state index contributed by atoms with van der Waals surface area (Å²) in [6.45, 7) is 1.07. The van der Waals surface area contributed by atoms with Crippen molar-refractivity contribution >= 4 is 43.2 Å². The first-order valence-electron chi connectivity index (χ1n) is 10.8. The summed E-state index contributed by atoms with van der Waals surface area (Å²) in [5, 5.41) is 10.7. The van der Waals surface area contributed by atoms with Crippen LogP contribution in [0.2, 0.25) is 0 Å². The van der Waals surface area contributed by atoms with E-state index < -0.39 is 15.6 Å². The Morgan fingerprint density at radius 3 is 2.56 bits per heavy atom. The number of thiazole rings is 1. The summed E-state index contributed by atoms with van der Waals surface area (Å²) in [6.07, 6.45) is 4.48. The molecule has 5 rings (SSSR count). The number of rotatable bonds is 6. The normalized spacial score (nSPS) is 18.6. The minimum Gasteiger partial charge on any atom is -0.390 e. The Balaban J connectivity index is 1.25. The lowest BCUT2D eigenvalue weighted by molar-refractivity contribution is -0.0267. The predicted octanol–water partition coefficient (Wildman–Crippen LogP) is 3.86. The first kappa shape index (κ1) is 21.4. The molecule has 9 heteroatoms. The maximum absolute atomic E-state index is 12.9. The molecule has 1 aliphatic heterocycles. The van der Waals surface area contributed by atoms with E-state index in [2.05, 4.69) is 9.71 Å². The third kappa shape index (κ3) is 4.37. The van der Waals surface area contributed by atoms with Gasteiger partial charge in [0.25, 0.3) is 15.9 Å². The van der Waals surface area contributed by atoms with Crippen LogP contribution < -0.4 is 4.72 Å². The molecule has 0 unspecified atom stereocenters. The number of sulfonamides is 1. The molecule has 168 valence electrons. The van der Waals surface area contributed by atoms with E-state index in [1.54, 1.807) is 40.7 Å². The van der Waals surface area contributed by atoms with E-state index in [0.717, 1.165) is 11.1 Å². The molecule has 32 heavy (non-hydrogen) atoms. The lowest BCUT2D eigenvalue weighted by atomic mass is 9.86. The number of hydrogen-bond acceptors (Lipinski definition) is 6. The number of hydrogen-bond donors (Lipinski definition) is 2. The van der Waals surface area contributed by atoms with Crippen molar-refractivity contribution in [2.45, 2.75) is 42.6 Å². The van der Waals surface area contributed by atoms with E-state index in [-0.39, 0.29) is 10.8 Å². The number of likely N-dealkylation sites (tertiary alicyclic amines) is 1. The number of anilines is 1. The summed E-state index contributed by atoms with van der Waals surface area (Å²) in [5.41, 5.74) is 2.31. The Labute approximate surface area is 191 Å². The fourth-order valence-corrected chi connectivity index (χ4v) is 6.34. The number of nitrogens with one attached hydrogen (secondary N) is 1. The highest BCUT2D eigenvalue weighted by Crippen LogP contribution is 2.40. The minimum atomic E-state index is -3.81. The van der Waals surface area contributed by atoms with Crippen molar-refractivity contribution in [1.29, 1.82) is 0 Å².